The van der Waals surface area contributed by atoms with Gasteiger partial charge in [-0.05, 0) is 24.1 Å². The fraction of sp³-hybridized carbons (Fsp3) is 0.296. The van der Waals surface area contributed by atoms with Gasteiger partial charge in [-0.25, -0.2) is 14.4 Å². The lowest BCUT2D eigenvalue weighted by Crippen LogP contribution is -2.45. The van der Waals surface area contributed by atoms with E-state index in [9.17, 15) is 32.3 Å². The van der Waals surface area contributed by atoms with E-state index < -0.39 is 36.0 Å². The first-order valence-electron chi connectivity index (χ1n) is 13.0. The van der Waals surface area contributed by atoms with Gasteiger partial charge < -0.3 is 19.8 Å². The van der Waals surface area contributed by atoms with Gasteiger partial charge in [-0.1, -0.05) is 58.8 Å². The second-order valence-electron chi connectivity index (χ2n) is 9.41. The first-order chi connectivity index (χ1) is 20.6. The molecule has 0 radical (unpaired) electrons. The molecule has 0 spiro atoms. The van der Waals surface area contributed by atoms with Crippen molar-refractivity contribution in [3.05, 3.63) is 86.0 Å². The minimum absolute atomic E-state index is 0.144. The van der Waals surface area contributed by atoms with Crippen LogP contribution in [0, 0.1) is 0 Å². The zero-order valence-corrected chi connectivity index (χ0v) is 23.1. The maximum absolute atomic E-state index is 14.0. The number of ether oxygens (including phenoxy) is 1. The summed E-state index contributed by atoms with van der Waals surface area (Å²) < 4.78 is 44.5. The molecule has 1 N–H and O–H groups in total. The average Bonchev–Trinajstić information content (AvgIpc) is 3.39. The van der Waals surface area contributed by atoms with Gasteiger partial charge >= 0.3 is 23.8 Å². The van der Waals surface area contributed by atoms with E-state index in [4.69, 9.17) is 16.4 Å². The number of alkyl halides is 3. The molecule has 5 rings (SSSR count). The number of carbonyl (C=O) groups is 2. The predicted octanol–water partition coefficient (Wildman–Crippen LogP) is 1.72. The molecule has 0 amide bonds. The smallest absolute Gasteiger partial charge is 0.447 e. The summed E-state index contributed by atoms with van der Waals surface area (Å²) in [5.41, 5.74) is -1.27. The molecule has 16 heteroatoms. The second-order valence-corrected chi connectivity index (χ2v) is 9.82. The molecule has 1 aliphatic rings. The topological polar surface area (TPSA) is 130 Å². The summed E-state index contributed by atoms with van der Waals surface area (Å²) in [6.07, 6.45) is -5.11. The summed E-state index contributed by atoms with van der Waals surface area (Å²) in [6.45, 7) is 0.500. The first-order valence-corrected chi connectivity index (χ1v) is 13.4. The monoisotopic (exact) mass is 620 g/mol. The van der Waals surface area contributed by atoms with Crippen LogP contribution >= 0.6 is 11.6 Å². The van der Waals surface area contributed by atoms with Gasteiger partial charge in [-0.3, -0.25) is 13.9 Å². The molecule has 0 unspecified atom stereocenters. The lowest BCUT2D eigenvalue weighted by molar-refractivity contribution is -0.201. The number of nitrogens with zero attached hydrogens (tertiary/aromatic N) is 5. The van der Waals surface area contributed by atoms with E-state index in [1.165, 1.54) is 4.57 Å². The Bertz CT molecular complexity index is 1780. The molecule has 2 aromatic carbocycles. The van der Waals surface area contributed by atoms with Crippen LogP contribution < -0.4 is 26.3 Å². The number of piperazine rings is 1. The predicted molar refractivity (Wildman–Crippen MR) is 148 cm³/mol. The van der Waals surface area contributed by atoms with E-state index in [2.05, 4.69) is 15.0 Å². The number of aryl methyl sites for hydroxylation is 1. The van der Waals surface area contributed by atoms with Gasteiger partial charge in [-0.15, -0.1) is 0 Å². The Kier molecular flexibility index (Phi) is 8.54. The Hall–Kier alpha value is -4.63. The lowest BCUT2D eigenvalue weighted by atomic mass is 10.1. The highest BCUT2D eigenvalue weighted by Gasteiger charge is 2.41. The number of benzene rings is 2. The Morgan fingerprint density at radius 2 is 1.67 bits per heavy atom. The SMILES string of the molecule is O=C(COC(=O)C(F)(F)F)On1c(=O)n(CCc2ccccc2)c(=O)c2c1nc(N1CCNCC1)n2-c1ccccc1Cl. The zero-order valence-electron chi connectivity index (χ0n) is 22.3. The maximum atomic E-state index is 14.0. The number of hydrogen-bond acceptors (Lipinski definition) is 9. The number of para-hydroxylation sites is 1. The van der Waals surface area contributed by atoms with Crippen LogP contribution in [-0.2, 0) is 27.3 Å². The highest BCUT2D eigenvalue weighted by atomic mass is 35.5. The van der Waals surface area contributed by atoms with E-state index in [0.29, 0.717) is 36.6 Å². The van der Waals surface area contributed by atoms with Crippen molar-refractivity contribution in [2.75, 3.05) is 37.7 Å². The van der Waals surface area contributed by atoms with E-state index >= 15 is 0 Å². The van der Waals surface area contributed by atoms with Gasteiger partial charge in [0.1, 0.15) is 0 Å². The van der Waals surface area contributed by atoms with Gasteiger partial charge in [-0.2, -0.15) is 18.2 Å². The normalized spacial score (nSPS) is 13.7. The van der Waals surface area contributed by atoms with Crippen LogP contribution in [0.25, 0.3) is 16.9 Å². The Labute approximate surface area is 245 Å². The third-order valence-electron chi connectivity index (χ3n) is 6.59. The molecule has 43 heavy (non-hydrogen) atoms. The summed E-state index contributed by atoms with van der Waals surface area (Å²) in [7, 11) is 0. The van der Waals surface area contributed by atoms with E-state index in [0.717, 1.165) is 10.1 Å². The fourth-order valence-corrected chi connectivity index (χ4v) is 4.80. The van der Waals surface area contributed by atoms with Crippen LogP contribution in [-0.4, -0.2) is 69.7 Å². The quantitative estimate of drug-likeness (QED) is 0.293. The summed E-state index contributed by atoms with van der Waals surface area (Å²) >= 11 is 6.54. The second kappa shape index (κ2) is 12.3. The Morgan fingerprint density at radius 1 is 1.00 bits per heavy atom. The summed E-state index contributed by atoms with van der Waals surface area (Å²) in [4.78, 5) is 62.8. The molecule has 1 fully saturated rings. The minimum Gasteiger partial charge on any atom is -0.447 e. The van der Waals surface area contributed by atoms with Gasteiger partial charge in [0.05, 0.1) is 10.7 Å². The van der Waals surface area contributed by atoms with Crippen molar-refractivity contribution >= 4 is 40.7 Å². The number of esters is 1. The molecule has 1 saturated heterocycles. The van der Waals surface area contributed by atoms with Gasteiger partial charge in [0.25, 0.3) is 5.56 Å². The van der Waals surface area contributed by atoms with Crippen LogP contribution in [0.5, 0.6) is 0 Å². The molecule has 226 valence electrons. The number of nitrogens with one attached hydrogen (secondary N) is 1. The highest BCUT2D eigenvalue weighted by molar-refractivity contribution is 6.32. The molecule has 0 bridgehead atoms. The van der Waals surface area contributed by atoms with Crippen LogP contribution in [0.15, 0.2) is 64.2 Å². The largest absolute Gasteiger partial charge is 0.490 e. The van der Waals surface area contributed by atoms with Crippen LogP contribution in [0.2, 0.25) is 5.02 Å². The molecule has 0 atom stereocenters. The first kappa shape index (κ1) is 29.8. The van der Waals surface area contributed by atoms with Gasteiger partial charge in [0.15, 0.2) is 12.1 Å². The van der Waals surface area contributed by atoms with E-state index in [1.807, 2.05) is 4.90 Å². The minimum atomic E-state index is -5.35. The number of halogens is 4. The Balaban J connectivity index is 1.69. The third-order valence-corrected chi connectivity index (χ3v) is 6.91. The van der Waals surface area contributed by atoms with Crippen LogP contribution in [0.1, 0.15) is 5.56 Å². The molecular weight excluding hydrogens is 597 g/mol. The number of imidazole rings is 1. The zero-order chi connectivity index (χ0) is 30.7. The number of rotatable bonds is 8. The highest BCUT2D eigenvalue weighted by Crippen LogP contribution is 2.29. The number of fused-ring (bicyclic) bond motifs is 1. The summed E-state index contributed by atoms with van der Waals surface area (Å²) in [6, 6.07) is 15.6. The molecule has 1 aliphatic heterocycles. The van der Waals surface area contributed by atoms with Gasteiger partial charge in [0, 0.05) is 32.7 Å². The molecule has 2 aromatic heterocycles. The van der Waals surface area contributed by atoms with Crippen LogP contribution in [0.3, 0.4) is 0 Å². The molecule has 3 heterocycles. The molecule has 0 aliphatic carbocycles. The fourth-order valence-electron chi connectivity index (χ4n) is 4.58. The van der Waals surface area contributed by atoms with E-state index in [1.54, 1.807) is 54.6 Å². The van der Waals surface area contributed by atoms with Crippen molar-refractivity contribution in [1.29, 1.82) is 0 Å². The van der Waals surface area contributed by atoms with Crippen molar-refractivity contribution in [1.82, 2.24) is 24.2 Å². The Morgan fingerprint density at radius 3 is 2.35 bits per heavy atom. The van der Waals surface area contributed by atoms with Crippen molar-refractivity contribution < 1.29 is 32.3 Å². The summed E-state index contributed by atoms with van der Waals surface area (Å²) in [5.74, 6) is -3.90. The number of aromatic nitrogens is 4. The number of anilines is 1. The van der Waals surface area contributed by atoms with E-state index in [-0.39, 0.29) is 35.1 Å². The van der Waals surface area contributed by atoms with Crippen molar-refractivity contribution in [2.45, 2.75) is 19.1 Å². The average molecular weight is 621 g/mol. The molecule has 4 aromatic rings. The third kappa shape index (κ3) is 6.27. The van der Waals surface area contributed by atoms with Crippen molar-refractivity contribution in [3.63, 3.8) is 0 Å². The maximum Gasteiger partial charge on any atom is 0.490 e. The molecular formula is C27H24ClF3N6O6. The standard InChI is InChI=1S/C27H24ClF3N6O6/c28-18-8-4-5-9-19(18)36-21-22(33-25(36)34-14-11-32-12-15-34)37(43-20(38)16-42-24(40)27(29,30)31)26(41)35(23(21)39)13-10-17-6-2-1-3-7-17/h1-9,32H,10-16H2. The lowest BCUT2D eigenvalue weighted by Gasteiger charge is -2.28. The summed E-state index contributed by atoms with van der Waals surface area (Å²) in [5, 5.41) is 3.46. The van der Waals surface area contributed by atoms with Crippen molar-refractivity contribution in [2.24, 2.45) is 0 Å². The van der Waals surface area contributed by atoms with Gasteiger partial charge in [0.2, 0.25) is 11.6 Å². The van der Waals surface area contributed by atoms with Crippen LogP contribution in [0.4, 0.5) is 19.1 Å². The number of hydrogen-bond donors (Lipinski definition) is 1. The van der Waals surface area contributed by atoms with Crippen molar-refractivity contribution in [3.8, 4) is 5.69 Å². The molecule has 12 nitrogen and oxygen atoms in total. The molecule has 0 saturated carbocycles. The number of carbonyl (C=O) groups excluding carboxylic acids is 2.